The Morgan fingerprint density at radius 3 is 1.79 bits per heavy atom. The van der Waals surface area contributed by atoms with Crippen molar-refractivity contribution in [3.8, 4) is 0 Å². The SMILES string of the molecule is CCCCCCCCCOC(=O)CCCCC(=O)OCC(Cl)(Cl)Cl. The fraction of sp³-hybridized carbons (Fsp3) is 0.882. The van der Waals surface area contributed by atoms with Crippen LogP contribution in [0.3, 0.4) is 0 Å². The predicted octanol–water partition coefficient (Wildman–Crippen LogP) is 5.75. The van der Waals surface area contributed by atoms with Gasteiger partial charge in [0.05, 0.1) is 6.61 Å². The monoisotopic (exact) mass is 402 g/mol. The molecule has 0 aromatic rings. The predicted molar refractivity (Wildman–Crippen MR) is 98.7 cm³/mol. The molecule has 0 rings (SSSR count). The highest BCUT2D eigenvalue weighted by Gasteiger charge is 2.21. The highest BCUT2D eigenvalue weighted by Crippen LogP contribution is 2.26. The van der Waals surface area contributed by atoms with Crippen LogP contribution in [0.5, 0.6) is 0 Å². The third-order valence-electron chi connectivity index (χ3n) is 3.42. The molecule has 0 aliphatic heterocycles. The molecule has 0 amide bonds. The van der Waals surface area contributed by atoms with Gasteiger partial charge in [0.25, 0.3) is 0 Å². The fourth-order valence-corrected chi connectivity index (χ4v) is 2.25. The zero-order valence-corrected chi connectivity index (χ0v) is 16.7. The Bertz CT molecular complexity index is 343. The molecule has 4 nitrogen and oxygen atoms in total. The van der Waals surface area contributed by atoms with E-state index >= 15 is 0 Å². The van der Waals surface area contributed by atoms with Crippen LogP contribution in [0, 0.1) is 0 Å². The van der Waals surface area contributed by atoms with Gasteiger partial charge in [0, 0.05) is 12.8 Å². The number of carbonyl (C=O) groups is 2. The summed E-state index contributed by atoms with van der Waals surface area (Å²) < 4.78 is 8.36. The number of alkyl halides is 3. The number of unbranched alkanes of at least 4 members (excludes halogenated alkanes) is 7. The zero-order valence-electron chi connectivity index (χ0n) is 14.5. The Kier molecular flexibility index (Phi) is 15.0. The van der Waals surface area contributed by atoms with Crippen molar-refractivity contribution in [3.05, 3.63) is 0 Å². The maximum Gasteiger partial charge on any atom is 0.305 e. The van der Waals surface area contributed by atoms with Crippen LogP contribution in [0.4, 0.5) is 0 Å². The van der Waals surface area contributed by atoms with Gasteiger partial charge in [0.1, 0.15) is 6.61 Å². The lowest BCUT2D eigenvalue weighted by atomic mass is 10.1. The first-order valence-corrected chi connectivity index (χ1v) is 9.86. The molecule has 7 heteroatoms. The molecule has 0 atom stereocenters. The van der Waals surface area contributed by atoms with Crippen LogP contribution >= 0.6 is 34.8 Å². The molecule has 0 bridgehead atoms. The molecule has 0 aliphatic carbocycles. The van der Waals surface area contributed by atoms with E-state index < -0.39 is 9.76 Å². The van der Waals surface area contributed by atoms with Gasteiger partial charge in [0.2, 0.25) is 3.79 Å². The van der Waals surface area contributed by atoms with Crippen molar-refractivity contribution < 1.29 is 19.1 Å². The van der Waals surface area contributed by atoms with Gasteiger partial charge in [-0.25, -0.2) is 0 Å². The number of halogens is 3. The molecular weight excluding hydrogens is 375 g/mol. The summed E-state index contributed by atoms with van der Waals surface area (Å²) in [6, 6.07) is 0. The van der Waals surface area contributed by atoms with Gasteiger partial charge in [-0.05, 0) is 19.3 Å². The number of rotatable bonds is 14. The van der Waals surface area contributed by atoms with Gasteiger partial charge >= 0.3 is 11.9 Å². The standard InChI is InChI=1S/C17H29Cl3O4/c1-2-3-4-5-6-7-10-13-23-15(21)11-8-9-12-16(22)24-14-17(18,19)20/h2-14H2,1H3. The lowest BCUT2D eigenvalue weighted by Crippen LogP contribution is -2.17. The van der Waals surface area contributed by atoms with Gasteiger partial charge in [-0.15, -0.1) is 0 Å². The van der Waals surface area contributed by atoms with Crippen LogP contribution in [-0.2, 0) is 19.1 Å². The maximum absolute atomic E-state index is 11.5. The summed E-state index contributed by atoms with van der Waals surface area (Å²) in [6.45, 7) is 2.42. The molecule has 0 aromatic carbocycles. The average Bonchev–Trinajstić information content (AvgIpc) is 2.51. The van der Waals surface area contributed by atoms with Gasteiger partial charge in [-0.1, -0.05) is 80.3 Å². The first-order chi connectivity index (χ1) is 11.3. The summed E-state index contributed by atoms with van der Waals surface area (Å²) >= 11 is 16.4. The summed E-state index contributed by atoms with van der Waals surface area (Å²) in [7, 11) is 0. The van der Waals surface area contributed by atoms with E-state index in [1.807, 2.05) is 0 Å². The Hall–Kier alpha value is -0.190. The Labute approximate surface area is 160 Å². The van der Waals surface area contributed by atoms with Gasteiger partial charge in [0.15, 0.2) is 0 Å². The Morgan fingerprint density at radius 1 is 0.750 bits per heavy atom. The molecule has 0 fully saturated rings. The topological polar surface area (TPSA) is 52.6 Å². The van der Waals surface area contributed by atoms with E-state index in [0.29, 0.717) is 25.9 Å². The molecule has 142 valence electrons. The molecule has 0 radical (unpaired) electrons. The van der Waals surface area contributed by atoms with Crippen molar-refractivity contribution in [2.24, 2.45) is 0 Å². The summed E-state index contributed by atoms with van der Waals surface area (Å²) in [5.41, 5.74) is 0. The smallest absolute Gasteiger partial charge is 0.305 e. The molecule has 0 saturated heterocycles. The molecule has 0 spiro atoms. The normalized spacial score (nSPS) is 11.3. The molecule has 0 aliphatic rings. The molecular formula is C17H29Cl3O4. The summed E-state index contributed by atoms with van der Waals surface area (Å²) in [4.78, 5) is 22.9. The lowest BCUT2D eigenvalue weighted by molar-refractivity contribution is -0.145. The molecule has 0 unspecified atom stereocenters. The number of esters is 2. The van der Waals surface area contributed by atoms with E-state index in [1.54, 1.807) is 0 Å². The first kappa shape index (κ1) is 23.8. The first-order valence-electron chi connectivity index (χ1n) is 8.73. The van der Waals surface area contributed by atoms with Crippen molar-refractivity contribution in [2.45, 2.75) is 81.3 Å². The number of ether oxygens (including phenoxy) is 2. The number of carbonyl (C=O) groups excluding carboxylic acids is 2. The second-order valence-electron chi connectivity index (χ2n) is 5.82. The largest absolute Gasteiger partial charge is 0.466 e. The van der Waals surface area contributed by atoms with Crippen LogP contribution in [0.25, 0.3) is 0 Å². The molecule has 0 saturated carbocycles. The van der Waals surface area contributed by atoms with Crippen molar-refractivity contribution in [1.29, 1.82) is 0 Å². The number of hydrogen-bond donors (Lipinski definition) is 0. The second kappa shape index (κ2) is 15.1. The van der Waals surface area contributed by atoms with E-state index in [0.717, 1.165) is 12.8 Å². The van der Waals surface area contributed by atoms with E-state index in [2.05, 4.69) is 6.92 Å². The Balaban J connectivity index is 3.39. The minimum atomic E-state index is -1.59. The third kappa shape index (κ3) is 18.2. The second-order valence-corrected chi connectivity index (χ2v) is 8.34. The summed E-state index contributed by atoms with van der Waals surface area (Å²) in [5, 5.41) is 0. The minimum absolute atomic E-state index is 0.200. The van der Waals surface area contributed by atoms with Gasteiger partial charge in [-0.2, -0.15) is 0 Å². The van der Waals surface area contributed by atoms with Crippen molar-refractivity contribution in [2.75, 3.05) is 13.2 Å². The fourth-order valence-electron chi connectivity index (χ4n) is 2.09. The molecule has 24 heavy (non-hydrogen) atoms. The molecule has 0 heterocycles. The Morgan fingerprint density at radius 2 is 1.25 bits per heavy atom. The van der Waals surface area contributed by atoms with Crippen molar-refractivity contribution in [1.82, 2.24) is 0 Å². The van der Waals surface area contributed by atoms with Gasteiger partial charge < -0.3 is 9.47 Å². The minimum Gasteiger partial charge on any atom is -0.466 e. The molecule has 0 aromatic heterocycles. The van der Waals surface area contributed by atoms with Crippen LogP contribution in [-0.4, -0.2) is 28.9 Å². The summed E-state index contributed by atoms with van der Waals surface area (Å²) in [6.07, 6.45) is 9.97. The summed E-state index contributed by atoms with van der Waals surface area (Å²) in [5.74, 6) is -0.645. The maximum atomic E-state index is 11.5. The number of hydrogen-bond acceptors (Lipinski definition) is 4. The highest BCUT2D eigenvalue weighted by molar-refractivity contribution is 6.67. The van der Waals surface area contributed by atoms with Gasteiger partial charge in [-0.3, -0.25) is 9.59 Å². The van der Waals surface area contributed by atoms with Crippen molar-refractivity contribution >= 4 is 46.7 Å². The van der Waals surface area contributed by atoms with E-state index in [4.69, 9.17) is 44.3 Å². The molecule has 0 N–H and O–H groups in total. The third-order valence-corrected chi connectivity index (χ3v) is 3.75. The van der Waals surface area contributed by atoms with Crippen LogP contribution in [0.1, 0.15) is 77.6 Å². The van der Waals surface area contributed by atoms with Crippen molar-refractivity contribution in [3.63, 3.8) is 0 Å². The highest BCUT2D eigenvalue weighted by atomic mass is 35.6. The zero-order chi connectivity index (χ0) is 18.3. The van der Waals surface area contributed by atoms with E-state index in [1.165, 1.54) is 32.1 Å². The van der Waals surface area contributed by atoms with Crippen LogP contribution in [0.15, 0.2) is 0 Å². The van der Waals surface area contributed by atoms with Crippen LogP contribution < -0.4 is 0 Å². The average molecular weight is 404 g/mol. The van der Waals surface area contributed by atoms with Crippen LogP contribution in [0.2, 0.25) is 0 Å². The quantitative estimate of drug-likeness (QED) is 0.210. The lowest BCUT2D eigenvalue weighted by Gasteiger charge is -2.11. The van der Waals surface area contributed by atoms with E-state index in [-0.39, 0.29) is 19.0 Å². The van der Waals surface area contributed by atoms with E-state index in [9.17, 15) is 9.59 Å².